The molecule has 14 aromatic carbocycles. The Hall–Kier alpha value is -9.66. The van der Waals surface area contributed by atoms with Gasteiger partial charge in [-0.25, -0.2) is 0 Å². The topological polar surface area (TPSA) is 0 Å². The first-order chi connectivity index (χ1) is 44.7. The molecule has 460 valence electrons. The molecule has 0 saturated heterocycles. The summed E-state index contributed by atoms with van der Waals surface area (Å²) in [6.07, 6.45) is 0. The number of rotatable bonds is 5. The summed E-state index contributed by atoms with van der Waals surface area (Å²) in [5.74, 6) is 0. The molecule has 0 bridgehead atoms. The molecule has 0 fully saturated rings. The van der Waals surface area contributed by atoms with Crippen LogP contribution < -0.4 is 0 Å². The van der Waals surface area contributed by atoms with E-state index >= 15 is 0 Å². The Morgan fingerprint density at radius 1 is 0.194 bits per heavy atom. The number of hydrogen-bond donors (Lipinski definition) is 0. The van der Waals surface area contributed by atoms with Gasteiger partial charge in [-0.1, -0.05) is 368 Å². The summed E-state index contributed by atoms with van der Waals surface area (Å²) < 4.78 is 2.75. The molecule has 1 aromatic heterocycles. The molecule has 0 atom stereocenters. The summed E-state index contributed by atoms with van der Waals surface area (Å²) >= 11 is 1.90. The Morgan fingerprint density at radius 3 is 1.24 bits per heavy atom. The van der Waals surface area contributed by atoms with E-state index in [1.54, 1.807) is 0 Å². The summed E-state index contributed by atoms with van der Waals surface area (Å²) in [7, 11) is 0. The average Bonchev–Trinajstić information content (AvgIpc) is 1.76. The minimum absolute atomic E-state index is 0.152. The van der Waals surface area contributed by atoms with E-state index in [1.165, 1.54) is 141 Å². The van der Waals surface area contributed by atoms with Gasteiger partial charge in [0, 0.05) is 20.2 Å². The van der Waals surface area contributed by atoms with Crippen molar-refractivity contribution < 1.29 is 0 Å². The Morgan fingerprint density at radius 2 is 0.613 bits per heavy atom. The monoisotopic (exact) mass is 1220 g/mol. The molecule has 0 aliphatic carbocycles. The van der Waals surface area contributed by atoms with Gasteiger partial charge < -0.3 is 0 Å². The normalized spacial score (nSPS) is 11.9. The molecule has 15 aromatic rings. The lowest BCUT2D eigenvalue weighted by atomic mass is 9.83. The fraction of sp³-hybridized carbons (Fsp3) is 0.174. The molecule has 0 spiro atoms. The average molecular weight is 1220 g/mol. The van der Waals surface area contributed by atoms with E-state index in [1.807, 2.05) is 11.3 Å². The highest BCUT2D eigenvalue weighted by atomic mass is 32.1. The highest BCUT2D eigenvalue weighted by molar-refractivity contribution is 7.26. The van der Waals surface area contributed by atoms with Crippen molar-refractivity contribution in [1.82, 2.24) is 0 Å². The van der Waals surface area contributed by atoms with Crippen molar-refractivity contribution in [2.75, 3.05) is 0 Å². The zero-order valence-corrected chi connectivity index (χ0v) is 57.1. The van der Waals surface area contributed by atoms with Gasteiger partial charge in [-0.3, -0.25) is 0 Å². The SMILES string of the molecule is CC(C)(C)c1ccc(-c2cc3ccccc3c3ccccc23)cc1.CC(C)(C)c1ccc(-c2ccc3c(ccc4ccccc43)c2)cc1.CC(C)(C)c1ccc(-c2ccccc2)c(-c2ccccc2)c1.CC(C)(C)c1cccc(-c2cccc3c2sc2ccccc23)c1. The van der Waals surface area contributed by atoms with Crippen LogP contribution in [0.4, 0.5) is 0 Å². The quantitative estimate of drug-likeness (QED) is 0.151. The molecule has 0 N–H and O–H groups in total. The largest absolute Gasteiger partial charge is 0.135 e. The van der Waals surface area contributed by atoms with Crippen LogP contribution in [-0.4, -0.2) is 0 Å². The van der Waals surface area contributed by atoms with E-state index in [2.05, 4.69) is 386 Å². The molecular weight excluding hydrogens is 1140 g/mol. The van der Waals surface area contributed by atoms with Crippen molar-refractivity contribution in [3.8, 4) is 55.6 Å². The summed E-state index contributed by atoms with van der Waals surface area (Å²) in [4.78, 5) is 0. The zero-order valence-electron chi connectivity index (χ0n) is 56.3. The highest BCUT2D eigenvalue weighted by Crippen LogP contribution is 2.42. The van der Waals surface area contributed by atoms with Crippen molar-refractivity contribution in [2.24, 2.45) is 0 Å². The second-order valence-electron chi connectivity index (χ2n) is 28.9. The maximum atomic E-state index is 2.35. The van der Waals surface area contributed by atoms with Gasteiger partial charge in [-0.15, -0.1) is 11.3 Å². The van der Waals surface area contributed by atoms with E-state index in [0.29, 0.717) is 0 Å². The summed E-state index contributed by atoms with van der Waals surface area (Å²) in [5, 5.41) is 13.2. The van der Waals surface area contributed by atoms with E-state index in [9.17, 15) is 0 Å². The van der Waals surface area contributed by atoms with Gasteiger partial charge in [0.25, 0.3) is 0 Å². The van der Waals surface area contributed by atoms with Crippen molar-refractivity contribution in [3.63, 3.8) is 0 Å². The van der Waals surface area contributed by atoms with E-state index < -0.39 is 0 Å². The standard InChI is InChI=1S/2C24H22.C22H20S.C22H22/c1-24(2,3)19-14-12-17(13-15-19)23-16-18-8-4-5-9-20(18)21-10-6-7-11-22(21)23;1-24(2,3)21-13-10-17(11-14-21)19-12-15-23-20(16-19)9-8-18-6-4-5-7-22(18)23;1-22(2,3)16-9-6-8-15(14-16)17-11-7-12-19-18-10-4-5-13-20(18)23-21(17)19;1-22(2,3)19-14-15-20(17-10-6-4-7-11-17)21(16-19)18-12-8-5-9-13-18/h2*4-16H,1-3H3;4-14H,1-3H3;4-16H,1-3H3. The fourth-order valence-corrected chi connectivity index (χ4v) is 13.9. The van der Waals surface area contributed by atoms with Crippen LogP contribution in [0.1, 0.15) is 105 Å². The lowest BCUT2D eigenvalue weighted by Crippen LogP contribution is -2.11. The van der Waals surface area contributed by atoms with Gasteiger partial charge >= 0.3 is 0 Å². The van der Waals surface area contributed by atoms with Crippen molar-refractivity contribution in [1.29, 1.82) is 0 Å². The molecule has 0 amide bonds. The molecule has 0 saturated carbocycles. The Kier molecular flexibility index (Phi) is 18.1. The van der Waals surface area contributed by atoms with E-state index in [4.69, 9.17) is 0 Å². The zero-order chi connectivity index (χ0) is 65.1. The first-order valence-corrected chi connectivity index (χ1v) is 33.8. The fourth-order valence-electron chi connectivity index (χ4n) is 12.7. The Labute approximate surface area is 556 Å². The Balaban J connectivity index is 0.000000119. The number of benzene rings is 14. The second kappa shape index (κ2) is 26.5. The minimum Gasteiger partial charge on any atom is -0.135 e. The molecule has 1 heteroatoms. The Bertz CT molecular complexity index is 5070. The van der Waals surface area contributed by atoms with Gasteiger partial charge in [0.2, 0.25) is 0 Å². The van der Waals surface area contributed by atoms with Crippen LogP contribution in [0.5, 0.6) is 0 Å². The number of thiophene rings is 1. The van der Waals surface area contributed by atoms with E-state index in [-0.39, 0.29) is 21.7 Å². The van der Waals surface area contributed by atoms with Crippen LogP contribution in [0.3, 0.4) is 0 Å². The van der Waals surface area contributed by atoms with Crippen LogP contribution in [-0.2, 0) is 21.7 Å². The first kappa shape index (κ1) is 63.5. The third kappa shape index (κ3) is 14.2. The number of fused-ring (bicyclic) bond motifs is 9. The van der Waals surface area contributed by atoms with Gasteiger partial charge in [-0.2, -0.15) is 0 Å². The van der Waals surface area contributed by atoms with Crippen LogP contribution >= 0.6 is 11.3 Å². The van der Waals surface area contributed by atoms with Crippen LogP contribution in [0, 0.1) is 0 Å². The van der Waals surface area contributed by atoms with Crippen molar-refractivity contribution in [3.05, 3.63) is 326 Å². The second-order valence-corrected chi connectivity index (χ2v) is 30.0. The predicted octanol–water partition coefficient (Wildman–Crippen LogP) is 27.3. The molecule has 0 nitrogen and oxygen atoms in total. The summed E-state index contributed by atoms with van der Waals surface area (Å²) in [6, 6.07) is 110. The molecule has 1 heterocycles. The van der Waals surface area contributed by atoms with Gasteiger partial charge in [0.15, 0.2) is 0 Å². The lowest BCUT2D eigenvalue weighted by molar-refractivity contribution is 0.590. The minimum atomic E-state index is 0.152. The lowest BCUT2D eigenvalue weighted by Gasteiger charge is -2.22. The third-order valence-electron chi connectivity index (χ3n) is 18.2. The molecule has 15 rings (SSSR count). The first-order valence-electron chi connectivity index (χ1n) is 33.0. The highest BCUT2D eigenvalue weighted by Gasteiger charge is 2.20. The molecule has 0 unspecified atom stereocenters. The van der Waals surface area contributed by atoms with Crippen LogP contribution in [0.15, 0.2) is 303 Å². The van der Waals surface area contributed by atoms with Crippen LogP contribution in [0.2, 0.25) is 0 Å². The van der Waals surface area contributed by atoms with Crippen molar-refractivity contribution in [2.45, 2.75) is 105 Å². The van der Waals surface area contributed by atoms with E-state index in [0.717, 1.165) is 0 Å². The number of hydrogen-bond acceptors (Lipinski definition) is 1. The molecule has 0 aliphatic heterocycles. The smallest absolute Gasteiger partial charge is 0.0433 e. The molecule has 0 radical (unpaired) electrons. The molecule has 0 aliphatic rings. The summed E-state index contributed by atoms with van der Waals surface area (Å²) in [5.41, 5.74) is 19.1. The van der Waals surface area contributed by atoms with Gasteiger partial charge in [0.1, 0.15) is 0 Å². The van der Waals surface area contributed by atoms with Gasteiger partial charge in [0.05, 0.1) is 0 Å². The maximum Gasteiger partial charge on any atom is 0.0433 e. The molecular formula is C92H86S. The van der Waals surface area contributed by atoms with Crippen LogP contribution in [0.25, 0.3) is 119 Å². The third-order valence-corrected chi connectivity index (χ3v) is 19.4. The van der Waals surface area contributed by atoms with Gasteiger partial charge in [-0.05, 0) is 161 Å². The predicted molar refractivity (Wildman–Crippen MR) is 411 cm³/mol. The maximum absolute atomic E-state index is 2.35. The molecule has 93 heavy (non-hydrogen) atoms. The van der Waals surface area contributed by atoms with Crippen molar-refractivity contribution >= 4 is 74.6 Å². The summed E-state index contributed by atoms with van der Waals surface area (Å²) in [6.45, 7) is 27.1.